The Morgan fingerprint density at radius 3 is 2.48 bits per heavy atom. The molecule has 1 aromatic carbocycles. The third-order valence-corrected chi connectivity index (χ3v) is 6.27. The van der Waals surface area contributed by atoms with Crippen molar-refractivity contribution in [3.63, 3.8) is 0 Å². The summed E-state index contributed by atoms with van der Waals surface area (Å²) in [6.45, 7) is 2.54. The molecule has 4 rings (SSSR count). The first kappa shape index (κ1) is 16.3. The highest BCUT2D eigenvalue weighted by atomic mass is 16.2. The monoisotopic (exact) mass is 335 g/mol. The number of hydrogen-bond donors (Lipinski definition) is 0. The highest BCUT2D eigenvalue weighted by Gasteiger charge is 2.51. The molecule has 2 bridgehead atoms. The number of rotatable bonds is 4. The van der Waals surface area contributed by atoms with Crippen molar-refractivity contribution in [1.29, 1.82) is 0 Å². The molecule has 1 aromatic rings. The van der Waals surface area contributed by atoms with Crippen LogP contribution >= 0.6 is 0 Å². The second-order valence-electron chi connectivity index (χ2n) is 7.64. The topological polar surface area (TPSA) is 37.4 Å². The van der Waals surface area contributed by atoms with E-state index >= 15 is 0 Å². The van der Waals surface area contributed by atoms with E-state index in [0.717, 1.165) is 5.56 Å². The summed E-state index contributed by atoms with van der Waals surface area (Å²) in [6.07, 6.45) is 10.2. The molecule has 3 aliphatic carbocycles. The van der Waals surface area contributed by atoms with Crippen LogP contribution in [0.2, 0.25) is 0 Å². The summed E-state index contributed by atoms with van der Waals surface area (Å²) in [4.78, 5) is 26.2. The maximum Gasteiger partial charge on any atom is 0.233 e. The fourth-order valence-corrected chi connectivity index (χ4v) is 5.07. The zero-order valence-corrected chi connectivity index (χ0v) is 14.7. The Bertz CT molecular complexity index is 726. The number of nitrogens with zero attached hydrogens (tertiary/aromatic N) is 1. The smallest absolute Gasteiger partial charge is 0.233 e. The third-order valence-electron chi connectivity index (χ3n) is 6.27. The van der Waals surface area contributed by atoms with E-state index in [2.05, 4.69) is 19.1 Å². The number of benzene rings is 1. The van der Waals surface area contributed by atoms with Crippen LogP contribution < -0.4 is 0 Å². The van der Waals surface area contributed by atoms with E-state index in [9.17, 15) is 9.59 Å². The second-order valence-corrected chi connectivity index (χ2v) is 7.64. The summed E-state index contributed by atoms with van der Waals surface area (Å²) in [6, 6.07) is 9.74. The Kier molecular flexibility index (Phi) is 4.32. The standard InChI is InChI=1S/C22H25NO2/c1-15-18-11-12-19(21(18)17-9-5-6-10-17)20(15)22(25)23(14-24)13-16-7-3-2-4-8-16/h2-4,7-8,11-12,14-15,18-20H,5-6,9-10,13H2,1H3/t15-,18-,19+,20+/m0/s1. The summed E-state index contributed by atoms with van der Waals surface area (Å²) in [5.74, 6) is 0.784. The van der Waals surface area contributed by atoms with E-state index < -0.39 is 0 Å². The zero-order chi connectivity index (χ0) is 17.4. The lowest BCUT2D eigenvalue weighted by atomic mass is 9.83. The minimum atomic E-state index is -0.0907. The normalized spacial score (nSPS) is 30.1. The highest BCUT2D eigenvalue weighted by molar-refractivity contribution is 5.89. The van der Waals surface area contributed by atoms with Crippen molar-refractivity contribution in [3.8, 4) is 0 Å². The summed E-state index contributed by atoms with van der Waals surface area (Å²) in [5, 5.41) is 0. The molecule has 4 atom stereocenters. The minimum absolute atomic E-state index is 0.0145. The molecule has 0 aromatic heterocycles. The number of imide groups is 1. The van der Waals surface area contributed by atoms with E-state index in [1.807, 2.05) is 30.3 Å². The Labute approximate surface area is 149 Å². The lowest BCUT2D eigenvalue weighted by molar-refractivity contribution is -0.143. The van der Waals surface area contributed by atoms with Gasteiger partial charge >= 0.3 is 0 Å². The van der Waals surface area contributed by atoms with E-state index in [4.69, 9.17) is 0 Å². The second kappa shape index (κ2) is 6.62. The van der Waals surface area contributed by atoms with Crippen LogP contribution in [-0.2, 0) is 16.1 Å². The molecule has 3 heteroatoms. The van der Waals surface area contributed by atoms with E-state index in [1.165, 1.54) is 36.2 Å². The van der Waals surface area contributed by atoms with Gasteiger partial charge in [0, 0.05) is 11.8 Å². The van der Waals surface area contributed by atoms with Gasteiger partial charge in [-0.25, -0.2) is 0 Å². The maximum atomic E-state index is 13.2. The van der Waals surface area contributed by atoms with Gasteiger partial charge in [-0.2, -0.15) is 0 Å². The van der Waals surface area contributed by atoms with Crippen LogP contribution in [0.15, 0.2) is 53.6 Å². The molecule has 0 heterocycles. The van der Waals surface area contributed by atoms with Gasteiger partial charge in [-0.15, -0.1) is 0 Å². The summed E-state index contributed by atoms with van der Waals surface area (Å²) >= 11 is 0. The largest absolute Gasteiger partial charge is 0.280 e. The summed E-state index contributed by atoms with van der Waals surface area (Å²) in [7, 11) is 0. The van der Waals surface area contributed by atoms with Gasteiger partial charge in [-0.1, -0.05) is 60.6 Å². The molecule has 3 aliphatic rings. The Hall–Kier alpha value is -2.16. The molecule has 0 N–H and O–H groups in total. The Balaban J connectivity index is 1.58. The highest BCUT2D eigenvalue weighted by Crippen LogP contribution is 2.55. The SMILES string of the molecule is C[C@@H]1[C@@H](C(=O)N(C=O)Cc2ccccc2)[C@H]2C=C[C@@H]1C2=C1CCCC1. The fourth-order valence-electron chi connectivity index (χ4n) is 5.07. The molecule has 2 fully saturated rings. The fraction of sp³-hybridized carbons (Fsp3) is 0.455. The average Bonchev–Trinajstić information content (AvgIpc) is 3.34. The van der Waals surface area contributed by atoms with Gasteiger partial charge in [0.1, 0.15) is 0 Å². The molecule has 0 unspecified atom stereocenters. The van der Waals surface area contributed by atoms with Crippen LogP contribution in [0.25, 0.3) is 0 Å². The number of carbonyl (C=O) groups is 2. The molecule has 2 amide bonds. The molecule has 0 radical (unpaired) electrons. The third kappa shape index (κ3) is 2.76. The van der Waals surface area contributed by atoms with Crippen molar-refractivity contribution < 1.29 is 9.59 Å². The number of amides is 2. The Morgan fingerprint density at radius 1 is 1.12 bits per heavy atom. The minimum Gasteiger partial charge on any atom is -0.280 e. The summed E-state index contributed by atoms with van der Waals surface area (Å²) < 4.78 is 0. The first-order chi connectivity index (χ1) is 12.2. The predicted molar refractivity (Wildman–Crippen MR) is 97.3 cm³/mol. The first-order valence-corrected chi connectivity index (χ1v) is 9.40. The van der Waals surface area contributed by atoms with Crippen molar-refractivity contribution in [2.75, 3.05) is 0 Å². The lowest BCUT2D eigenvalue weighted by Crippen LogP contribution is -2.39. The molecular weight excluding hydrogens is 310 g/mol. The molecule has 3 nitrogen and oxygen atoms in total. The average molecular weight is 335 g/mol. The van der Waals surface area contributed by atoms with Crippen LogP contribution in [0.4, 0.5) is 0 Å². The molecule has 2 saturated carbocycles. The van der Waals surface area contributed by atoms with Crippen LogP contribution in [0, 0.1) is 23.7 Å². The molecule has 0 spiro atoms. The van der Waals surface area contributed by atoms with Crippen LogP contribution in [-0.4, -0.2) is 17.2 Å². The number of allylic oxidation sites excluding steroid dienone is 4. The van der Waals surface area contributed by atoms with Gasteiger partial charge in [0.15, 0.2) is 0 Å². The van der Waals surface area contributed by atoms with Crippen LogP contribution in [0.3, 0.4) is 0 Å². The van der Waals surface area contributed by atoms with Gasteiger partial charge in [-0.05, 0) is 37.2 Å². The predicted octanol–water partition coefficient (Wildman–Crippen LogP) is 4.11. The van der Waals surface area contributed by atoms with Gasteiger partial charge in [-0.3, -0.25) is 14.5 Å². The van der Waals surface area contributed by atoms with Gasteiger partial charge in [0.2, 0.25) is 12.3 Å². The number of fused-ring (bicyclic) bond motifs is 2. The number of carbonyl (C=O) groups excluding carboxylic acids is 2. The summed E-state index contributed by atoms with van der Waals surface area (Å²) in [5.41, 5.74) is 4.08. The van der Waals surface area contributed by atoms with E-state index in [-0.39, 0.29) is 23.7 Å². The van der Waals surface area contributed by atoms with E-state index in [1.54, 1.807) is 5.57 Å². The molecule has 0 aliphatic heterocycles. The number of hydrogen-bond acceptors (Lipinski definition) is 2. The Morgan fingerprint density at radius 2 is 1.80 bits per heavy atom. The lowest BCUT2D eigenvalue weighted by Gasteiger charge is -2.27. The molecule has 0 saturated heterocycles. The van der Waals surface area contributed by atoms with Crippen molar-refractivity contribution in [2.45, 2.75) is 39.2 Å². The zero-order valence-electron chi connectivity index (χ0n) is 14.7. The van der Waals surface area contributed by atoms with Crippen molar-refractivity contribution in [2.24, 2.45) is 23.7 Å². The molecule has 130 valence electrons. The van der Waals surface area contributed by atoms with Crippen molar-refractivity contribution >= 4 is 12.3 Å². The molecule has 25 heavy (non-hydrogen) atoms. The maximum absolute atomic E-state index is 13.2. The van der Waals surface area contributed by atoms with Crippen LogP contribution in [0.1, 0.15) is 38.2 Å². The van der Waals surface area contributed by atoms with Gasteiger partial charge in [0.05, 0.1) is 12.5 Å². The van der Waals surface area contributed by atoms with Crippen molar-refractivity contribution in [3.05, 3.63) is 59.2 Å². The van der Waals surface area contributed by atoms with Crippen molar-refractivity contribution in [1.82, 2.24) is 4.90 Å². The van der Waals surface area contributed by atoms with E-state index in [0.29, 0.717) is 18.9 Å². The molecular formula is C22H25NO2. The quantitative estimate of drug-likeness (QED) is 0.613. The van der Waals surface area contributed by atoms with Gasteiger partial charge in [0.25, 0.3) is 0 Å². The van der Waals surface area contributed by atoms with Gasteiger partial charge < -0.3 is 0 Å². The van der Waals surface area contributed by atoms with Crippen LogP contribution in [0.5, 0.6) is 0 Å². The first-order valence-electron chi connectivity index (χ1n) is 9.40.